The lowest BCUT2D eigenvalue weighted by Gasteiger charge is -2.33. The first-order valence-corrected chi connectivity index (χ1v) is 11.1. The summed E-state index contributed by atoms with van der Waals surface area (Å²) in [5, 5.41) is 10.8. The van der Waals surface area contributed by atoms with Crippen molar-refractivity contribution in [3.05, 3.63) is 64.2 Å². The Morgan fingerprint density at radius 1 is 1.00 bits per heavy atom. The third-order valence-corrected chi connectivity index (χ3v) is 6.94. The highest BCUT2D eigenvalue weighted by Gasteiger charge is 2.29. The van der Waals surface area contributed by atoms with Crippen molar-refractivity contribution in [1.29, 1.82) is 0 Å². The van der Waals surface area contributed by atoms with Gasteiger partial charge in [-0.1, -0.05) is 0 Å². The summed E-state index contributed by atoms with van der Waals surface area (Å²) in [6.45, 7) is 0.728. The number of carbonyl (C=O) groups excluding carboxylic acids is 1. The molecule has 0 N–H and O–H groups in total. The van der Waals surface area contributed by atoms with Gasteiger partial charge in [-0.25, -0.2) is 8.42 Å². The number of nitro groups is 1. The third kappa shape index (κ3) is 5.24. The Labute approximate surface area is 185 Å². The van der Waals surface area contributed by atoms with Crippen LogP contribution < -0.4 is 9.47 Å². The number of piperazine rings is 1. The van der Waals surface area contributed by atoms with E-state index in [0.29, 0.717) is 11.5 Å². The summed E-state index contributed by atoms with van der Waals surface area (Å²) >= 11 is 0. The number of nitro benzene ring substituents is 1. The molecule has 0 bridgehead atoms. The summed E-state index contributed by atoms with van der Waals surface area (Å²) in [5.74, 6) is 0.960. The van der Waals surface area contributed by atoms with Crippen molar-refractivity contribution >= 4 is 27.7 Å². The van der Waals surface area contributed by atoms with Crippen LogP contribution in [-0.4, -0.2) is 68.9 Å². The average molecular weight is 461 g/mol. The van der Waals surface area contributed by atoms with Crippen LogP contribution in [0.3, 0.4) is 0 Å². The molecular weight excluding hydrogens is 438 g/mol. The predicted octanol–water partition coefficient (Wildman–Crippen LogP) is 2.16. The van der Waals surface area contributed by atoms with Crippen molar-refractivity contribution in [3.8, 4) is 11.5 Å². The monoisotopic (exact) mass is 461 g/mol. The van der Waals surface area contributed by atoms with E-state index in [-0.39, 0.29) is 42.7 Å². The molecule has 32 heavy (non-hydrogen) atoms. The van der Waals surface area contributed by atoms with Gasteiger partial charge in [0.25, 0.3) is 5.69 Å². The first kappa shape index (κ1) is 23.2. The van der Waals surface area contributed by atoms with E-state index in [9.17, 15) is 23.3 Å². The van der Waals surface area contributed by atoms with Crippen LogP contribution in [-0.2, 0) is 14.8 Å². The summed E-state index contributed by atoms with van der Waals surface area (Å²) in [5.41, 5.74) is 0.550. The predicted molar refractivity (Wildman–Crippen MR) is 117 cm³/mol. The highest BCUT2D eigenvalue weighted by atomic mass is 32.2. The Kier molecular flexibility index (Phi) is 7.11. The molecule has 0 radical (unpaired) electrons. The van der Waals surface area contributed by atoms with E-state index in [1.165, 1.54) is 36.7 Å². The van der Waals surface area contributed by atoms with Crippen LogP contribution in [0.5, 0.6) is 11.5 Å². The van der Waals surface area contributed by atoms with E-state index >= 15 is 0 Å². The number of non-ortho nitro benzene ring substituents is 1. The Balaban J connectivity index is 1.63. The molecule has 0 unspecified atom stereocenters. The molecule has 1 heterocycles. The summed E-state index contributed by atoms with van der Waals surface area (Å²) in [4.78, 5) is 24.3. The molecule has 3 rings (SSSR count). The second-order valence-corrected chi connectivity index (χ2v) is 8.90. The van der Waals surface area contributed by atoms with Crippen molar-refractivity contribution in [2.75, 3.05) is 40.4 Å². The van der Waals surface area contributed by atoms with E-state index in [4.69, 9.17) is 9.47 Å². The maximum Gasteiger partial charge on any atom is 0.269 e. The molecule has 1 saturated heterocycles. The molecule has 170 valence electrons. The number of hydrogen-bond donors (Lipinski definition) is 0. The van der Waals surface area contributed by atoms with E-state index in [2.05, 4.69) is 0 Å². The lowest BCUT2D eigenvalue weighted by Crippen LogP contribution is -2.50. The zero-order valence-electron chi connectivity index (χ0n) is 17.6. The van der Waals surface area contributed by atoms with Crippen molar-refractivity contribution in [3.63, 3.8) is 0 Å². The molecule has 1 fully saturated rings. The number of sulfonamides is 1. The maximum atomic E-state index is 12.8. The Morgan fingerprint density at radius 3 is 2.06 bits per heavy atom. The normalized spacial score (nSPS) is 15.0. The van der Waals surface area contributed by atoms with Crippen molar-refractivity contribution in [2.45, 2.75) is 4.90 Å². The smallest absolute Gasteiger partial charge is 0.269 e. The third-order valence-electron chi connectivity index (χ3n) is 5.03. The van der Waals surface area contributed by atoms with Gasteiger partial charge in [0.05, 0.1) is 24.0 Å². The quantitative estimate of drug-likeness (QED) is 0.352. The first-order chi connectivity index (χ1) is 15.2. The van der Waals surface area contributed by atoms with Crippen LogP contribution in [0.1, 0.15) is 5.56 Å². The van der Waals surface area contributed by atoms with E-state index in [1.807, 2.05) is 0 Å². The van der Waals surface area contributed by atoms with Gasteiger partial charge in [-0.2, -0.15) is 4.31 Å². The van der Waals surface area contributed by atoms with Gasteiger partial charge >= 0.3 is 0 Å². The molecule has 0 spiro atoms. The fourth-order valence-corrected chi connectivity index (χ4v) is 4.66. The standard InChI is InChI=1S/C21H23N3O7S/c1-30-18-13-16(14-19(15-18)31-2)3-8-21(25)22-9-11-23(12-10-22)32(28,29)20-6-4-17(5-7-20)24(26)27/h3-8,13-15H,9-12H2,1-2H3/b8-3+. The largest absolute Gasteiger partial charge is 0.497 e. The minimum absolute atomic E-state index is 0.0188. The number of carbonyl (C=O) groups is 1. The van der Waals surface area contributed by atoms with Gasteiger partial charge < -0.3 is 14.4 Å². The van der Waals surface area contributed by atoms with Crippen LogP contribution in [0.15, 0.2) is 53.4 Å². The second kappa shape index (κ2) is 9.79. The van der Waals surface area contributed by atoms with Crippen molar-refractivity contribution < 1.29 is 27.6 Å². The fourth-order valence-electron chi connectivity index (χ4n) is 3.24. The number of nitrogens with zero attached hydrogens (tertiary/aromatic N) is 3. The average Bonchev–Trinajstić information content (AvgIpc) is 2.82. The van der Waals surface area contributed by atoms with Crippen LogP contribution >= 0.6 is 0 Å². The van der Waals surface area contributed by atoms with E-state index < -0.39 is 14.9 Å². The molecule has 2 aromatic rings. The number of ether oxygens (including phenoxy) is 2. The molecule has 10 nitrogen and oxygen atoms in total. The van der Waals surface area contributed by atoms with Gasteiger partial charge in [0, 0.05) is 50.5 Å². The SMILES string of the molecule is COc1cc(/C=C/C(=O)N2CCN(S(=O)(=O)c3ccc([N+](=O)[O-])cc3)CC2)cc(OC)c1. The lowest BCUT2D eigenvalue weighted by molar-refractivity contribution is -0.384. The molecule has 0 aliphatic carbocycles. The minimum Gasteiger partial charge on any atom is -0.497 e. The van der Waals surface area contributed by atoms with Gasteiger partial charge in [0.2, 0.25) is 15.9 Å². The summed E-state index contributed by atoms with van der Waals surface area (Å²) in [6, 6.07) is 10.0. The maximum absolute atomic E-state index is 12.8. The van der Waals surface area contributed by atoms with Crippen LogP contribution in [0.25, 0.3) is 6.08 Å². The number of methoxy groups -OCH3 is 2. The molecule has 0 saturated carbocycles. The highest BCUT2D eigenvalue weighted by molar-refractivity contribution is 7.89. The summed E-state index contributed by atoms with van der Waals surface area (Å²) in [6.07, 6.45) is 3.07. The first-order valence-electron chi connectivity index (χ1n) is 9.69. The topological polar surface area (TPSA) is 119 Å². The van der Waals surface area contributed by atoms with Gasteiger partial charge in [-0.15, -0.1) is 0 Å². The number of hydrogen-bond acceptors (Lipinski definition) is 7. The molecule has 11 heteroatoms. The molecule has 1 aliphatic heterocycles. The Morgan fingerprint density at radius 2 is 1.56 bits per heavy atom. The minimum atomic E-state index is -3.80. The molecule has 0 atom stereocenters. The fraction of sp³-hybridized carbons (Fsp3) is 0.286. The number of amides is 1. The second-order valence-electron chi connectivity index (χ2n) is 6.96. The zero-order valence-corrected chi connectivity index (χ0v) is 18.4. The Bertz CT molecular complexity index is 1100. The van der Waals surface area contributed by atoms with Crippen molar-refractivity contribution in [1.82, 2.24) is 9.21 Å². The molecule has 0 aromatic heterocycles. The lowest BCUT2D eigenvalue weighted by atomic mass is 10.2. The molecular formula is C21H23N3O7S. The van der Waals surface area contributed by atoms with E-state index in [1.54, 1.807) is 29.2 Å². The molecule has 1 aliphatic rings. The van der Waals surface area contributed by atoms with Gasteiger partial charge in [0.1, 0.15) is 11.5 Å². The van der Waals surface area contributed by atoms with Gasteiger partial charge in [0.15, 0.2) is 0 Å². The Hall–Kier alpha value is -3.44. The van der Waals surface area contributed by atoms with Crippen LogP contribution in [0.4, 0.5) is 5.69 Å². The molecule has 1 amide bonds. The number of rotatable bonds is 7. The summed E-state index contributed by atoms with van der Waals surface area (Å²) < 4.78 is 37.3. The number of benzene rings is 2. The van der Waals surface area contributed by atoms with Gasteiger partial charge in [-0.3, -0.25) is 14.9 Å². The zero-order chi connectivity index (χ0) is 23.3. The van der Waals surface area contributed by atoms with Crippen LogP contribution in [0.2, 0.25) is 0 Å². The van der Waals surface area contributed by atoms with Gasteiger partial charge in [-0.05, 0) is 35.9 Å². The summed E-state index contributed by atoms with van der Waals surface area (Å²) in [7, 11) is -0.719. The van der Waals surface area contributed by atoms with Crippen molar-refractivity contribution in [2.24, 2.45) is 0 Å². The highest BCUT2D eigenvalue weighted by Crippen LogP contribution is 2.24. The molecule has 2 aromatic carbocycles. The van der Waals surface area contributed by atoms with Crippen LogP contribution in [0, 0.1) is 10.1 Å². The van der Waals surface area contributed by atoms with E-state index in [0.717, 1.165) is 17.7 Å².